The van der Waals surface area contributed by atoms with Gasteiger partial charge in [-0.2, -0.15) is 18.3 Å². The molecule has 28 heavy (non-hydrogen) atoms. The van der Waals surface area contributed by atoms with Crippen LogP contribution in [-0.2, 0) is 31.0 Å². The molecule has 8 heteroatoms. The number of piperazine rings is 1. The Bertz CT molecular complexity index is 834. The van der Waals surface area contributed by atoms with Gasteiger partial charge in [0.2, 0.25) is 5.91 Å². The van der Waals surface area contributed by atoms with E-state index in [-0.39, 0.29) is 12.3 Å². The molecular weight excluding hydrogens is 369 g/mol. The lowest BCUT2D eigenvalue weighted by Crippen LogP contribution is -2.48. The molecule has 1 aromatic carbocycles. The van der Waals surface area contributed by atoms with E-state index in [0.717, 1.165) is 43.2 Å². The number of amides is 1. The van der Waals surface area contributed by atoms with Crippen molar-refractivity contribution in [3.8, 4) is 0 Å². The third-order valence-corrected chi connectivity index (χ3v) is 5.40. The number of carbonyl (C=O) groups is 1. The highest BCUT2D eigenvalue weighted by Crippen LogP contribution is 2.29. The number of aryl methyl sites for hydroxylation is 2. The van der Waals surface area contributed by atoms with E-state index in [1.165, 1.54) is 17.7 Å². The first-order valence-corrected chi connectivity index (χ1v) is 9.30. The number of hydrogen-bond acceptors (Lipinski definition) is 3. The highest BCUT2D eigenvalue weighted by Gasteiger charge is 2.30. The number of rotatable bonds is 4. The van der Waals surface area contributed by atoms with Crippen molar-refractivity contribution in [1.29, 1.82) is 0 Å². The Morgan fingerprint density at radius 3 is 2.18 bits per heavy atom. The summed E-state index contributed by atoms with van der Waals surface area (Å²) in [4.78, 5) is 16.6. The molecular formula is C20H25F3N4O. The molecule has 1 aromatic heterocycles. The molecule has 3 rings (SSSR count). The molecule has 1 aliphatic rings. The smallest absolute Gasteiger partial charge is 0.340 e. The van der Waals surface area contributed by atoms with Crippen molar-refractivity contribution in [3.05, 3.63) is 52.3 Å². The van der Waals surface area contributed by atoms with Crippen LogP contribution in [0.5, 0.6) is 0 Å². The van der Waals surface area contributed by atoms with Gasteiger partial charge in [-0.3, -0.25) is 14.4 Å². The number of aromatic nitrogens is 2. The monoisotopic (exact) mass is 394 g/mol. The van der Waals surface area contributed by atoms with E-state index in [1.807, 2.05) is 18.7 Å². The summed E-state index contributed by atoms with van der Waals surface area (Å²) in [6.07, 6.45) is -4.23. The Hall–Kier alpha value is -2.35. The zero-order chi connectivity index (χ0) is 20.5. The van der Waals surface area contributed by atoms with E-state index in [9.17, 15) is 18.0 Å². The Balaban J connectivity index is 1.52. The first kappa shape index (κ1) is 20.4. The molecule has 0 atom stereocenters. The van der Waals surface area contributed by atoms with Crippen molar-refractivity contribution in [2.75, 3.05) is 26.2 Å². The van der Waals surface area contributed by atoms with Crippen molar-refractivity contribution in [2.45, 2.75) is 33.0 Å². The average Bonchev–Trinajstić information content (AvgIpc) is 2.88. The number of benzene rings is 1. The SMILES string of the molecule is Cc1nn(C)c(C)c1CN1CCN(C(=O)Cc2ccc(C(F)(F)F)cc2)CC1. The predicted octanol–water partition coefficient (Wildman–Crippen LogP) is 2.94. The van der Waals surface area contributed by atoms with Crippen LogP contribution in [-0.4, -0.2) is 51.7 Å². The minimum Gasteiger partial charge on any atom is -0.340 e. The largest absolute Gasteiger partial charge is 0.416 e. The summed E-state index contributed by atoms with van der Waals surface area (Å²) >= 11 is 0. The maximum absolute atomic E-state index is 12.6. The topological polar surface area (TPSA) is 41.4 Å². The van der Waals surface area contributed by atoms with Crippen molar-refractivity contribution < 1.29 is 18.0 Å². The summed E-state index contributed by atoms with van der Waals surface area (Å²) in [6, 6.07) is 4.81. The van der Waals surface area contributed by atoms with Gasteiger partial charge in [0, 0.05) is 51.0 Å². The predicted molar refractivity (Wildman–Crippen MR) is 99.7 cm³/mol. The summed E-state index contributed by atoms with van der Waals surface area (Å²) in [6.45, 7) is 7.66. The van der Waals surface area contributed by atoms with E-state index in [4.69, 9.17) is 0 Å². The molecule has 2 heterocycles. The minimum atomic E-state index is -4.36. The maximum Gasteiger partial charge on any atom is 0.416 e. The molecule has 1 aliphatic heterocycles. The molecule has 1 saturated heterocycles. The number of halogens is 3. The quantitative estimate of drug-likeness (QED) is 0.801. The zero-order valence-corrected chi connectivity index (χ0v) is 16.4. The summed E-state index contributed by atoms with van der Waals surface area (Å²) in [5.41, 5.74) is 3.31. The number of carbonyl (C=O) groups excluding carboxylic acids is 1. The molecule has 1 fully saturated rings. The fourth-order valence-electron chi connectivity index (χ4n) is 3.52. The molecule has 1 amide bonds. The summed E-state index contributed by atoms with van der Waals surface area (Å²) < 4.78 is 39.8. The first-order valence-electron chi connectivity index (χ1n) is 9.30. The van der Waals surface area contributed by atoms with Crippen LogP contribution in [0.15, 0.2) is 24.3 Å². The maximum atomic E-state index is 12.6. The second-order valence-corrected chi connectivity index (χ2v) is 7.30. The molecule has 0 saturated carbocycles. The molecule has 0 unspecified atom stereocenters. The Kier molecular flexibility index (Phi) is 5.79. The molecule has 5 nitrogen and oxygen atoms in total. The minimum absolute atomic E-state index is 0.0480. The molecule has 0 spiro atoms. The standard InChI is InChI=1S/C20H25F3N4O/c1-14-18(15(2)25(3)24-14)13-26-8-10-27(11-9-26)19(28)12-16-4-6-17(7-5-16)20(21,22)23/h4-7H,8-13H2,1-3H3. The molecule has 0 N–H and O–H groups in total. The van der Waals surface area contributed by atoms with E-state index >= 15 is 0 Å². The van der Waals surface area contributed by atoms with Gasteiger partial charge in [-0.15, -0.1) is 0 Å². The lowest BCUT2D eigenvalue weighted by Gasteiger charge is -2.35. The fourth-order valence-corrected chi connectivity index (χ4v) is 3.52. The fraction of sp³-hybridized carbons (Fsp3) is 0.500. The van der Waals surface area contributed by atoms with E-state index in [0.29, 0.717) is 18.7 Å². The molecule has 152 valence electrons. The third kappa shape index (κ3) is 4.55. The second-order valence-electron chi connectivity index (χ2n) is 7.30. The summed E-state index contributed by atoms with van der Waals surface area (Å²) in [7, 11) is 1.93. The van der Waals surface area contributed by atoms with Gasteiger partial charge in [0.05, 0.1) is 17.7 Å². The van der Waals surface area contributed by atoms with E-state index < -0.39 is 11.7 Å². The Labute approximate surface area is 162 Å². The highest BCUT2D eigenvalue weighted by atomic mass is 19.4. The van der Waals surface area contributed by atoms with Crippen LogP contribution < -0.4 is 0 Å². The van der Waals surface area contributed by atoms with Crippen LogP contribution in [0, 0.1) is 13.8 Å². The molecule has 2 aromatic rings. The van der Waals surface area contributed by atoms with Crippen LogP contribution in [0.4, 0.5) is 13.2 Å². The first-order chi connectivity index (χ1) is 13.1. The van der Waals surface area contributed by atoms with Crippen LogP contribution in [0.2, 0.25) is 0 Å². The summed E-state index contributed by atoms with van der Waals surface area (Å²) in [5, 5.41) is 4.44. The van der Waals surface area contributed by atoms with E-state index in [1.54, 1.807) is 4.90 Å². The molecule has 0 bridgehead atoms. The van der Waals surface area contributed by atoms with Crippen LogP contribution in [0.3, 0.4) is 0 Å². The van der Waals surface area contributed by atoms with Crippen LogP contribution in [0.25, 0.3) is 0 Å². The van der Waals surface area contributed by atoms with Gasteiger partial charge in [-0.1, -0.05) is 12.1 Å². The van der Waals surface area contributed by atoms with Gasteiger partial charge in [0.25, 0.3) is 0 Å². The summed E-state index contributed by atoms with van der Waals surface area (Å²) in [5.74, 6) is -0.0480. The lowest BCUT2D eigenvalue weighted by atomic mass is 10.1. The van der Waals surface area contributed by atoms with Gasteiger partial charge in [0.1, 0.15) is 0 Å². The van der Waals surface area contributed by atoms with Gasteiger partial charge >= 0.3 is 6.18 Å². The van der Waals surface area contributed by atoms with Crippen LogP contribution >= 0.6 is 0 Å². The van der Waals surface area contributed by atoms with Gasteiger partial charge in [-0.25, -0.2) is 0 Å². The average molecular weight is 394 g/mol. The van der Waals surface area contributed by atoms with Gasteiger partial charge in [-0.05, 0) is 31.5 Å². The van der Waals surface area contributed by atoms with Crippen LogP contribution in [0.1, 0.15) is 28.1 Å². The highest BCUT2D eigenvalue weighted by molar-refractivity contribution is 5.78. The Morgan fingerprint density at radius 1 is 1.07 bits per heavy atom. The van der Waals surface area contributed by atoms with Gasteiger partial charge in [0.15, 0.2) is 0 Å². The second kappa shape index (κ2) is 7.95. The number of nitrogens with zero attached hydrogens (tertiary/aromatic N) is 4. The van der Waals surface area contributed by atoms with Gasteiger partial charge < -0.3 is 4.90 Å². The zero-order valence-electron chi connectivity index (χ0n) is 16.4. The normalized spacial score (nSPS) is 15.9. The number of hydrogen-bond donors (Lipinski definition) is 0. The molecule has 0 aliphatic carbocycles. The lowest BCUT2D eigenvalue weighted by molar-refractivity contribution is -0.137. The van der Waals surface area contributed by atoms with Crippen molar-refractivity contribution in [1.82, 2.24) is 19.6 Å². The van der Waals surface area contributed by atoms with Crippen molar-refractivity contribution in [2.24, 2.45) is 7.05 Å². The van der Waals surface area contributed by atoms with Crippen molar-refractivity contribution in [3.63, 3.8) is 0 Å². The Morgan fingerprint density at radius 2 is 1.68 bits per heavy atom. The number of alkyl halides is 3. The third-order valence-electron chi connectivity index (χ3n) is 5.40. The van der Waals surface area contributed by atoms with E-state index in [2.05, 4.69) is 16.9 Å². The van der Waals surface area contributed by atoms with Crippen molar-refractivity contribution >= 4 is 5.91 Å². The molecule has 0 radical (unpaired) electrons.